The second kappa shape index (κ2) is 5.36. The van der Waals surface area contributed by atoms with Crippen molar-refractivity contribution in [3.05, 3.63) is 37.3 Å². The lowest BCUT2D eigenvalue weighted by Crippen LogP contribution is -2.00. The topological polar surface area (TPSA) is 12.0 Å². The summed E-state index contributed by atoms with van der Waals surface area (Å²) in [5, 5.41) is 3.23. The molecule has 0 aliphatic carbocycles. The van der Waals surface area contributed by atoms with Crippen LogP contribution in [0.3, 0.4) is 0 Å². The number of benzene rings is 1. The SMILES string of the molecule is C=C(Br)CNc1ccc(I)c(Br)c1. The maximum absolute atomic E-state index is 3.75. The van der Waals surface area contributed by atoms with Crippen molar-refractivity contribution in [3.8, 4) is 0 Å². The van der Waals surface area contributed by atoms with Crippen LogP contribution in [0.2, 0.25) is 0 Å². The first kappa shape index (κ1) is 11.5. The van der Waals surface area contributed by atoms with E-state index in [1.807, 2.05) is 6.07 Å². The third-order valence-electron chi connectivity index (χ3n) is 1.40. The highest BCUT2D eigenvalue weighted by Crippen LogP contribution is 2.23. The third-order valence-corrected chi connectivity index (χ3v) is 4.02. The zero-order chi connectivity index (χ0) is 9.84. The first-order chi connectivity index (χ1) is 6.09. The molecule has 0 radical (unpaired) electrons. The fraction of sp³-hybridized carbons (Fsp3) is 0.111. The quantitative estimate of drug-likeness (QED) is 0.721. The zero-order valence-electron chi connectivity index (χ0n) is 6.78. The second-order valence-corrected chi connectivity index (χ2v) is 5.64. The molecule has 0 spiro atoms. The molecule has 1 aromatic carbocycles. The molecule has 0 aromatic heterocycles. The van der Waals surface area contributed by atoms with Crippen molar-refractivity contribution in [1.82, 2.24) is 0 Å². The number of hydrogen-bond acceptors (Lipinski definition) is 1. The van der Waals surface area contributed by atoms with E-state index in [0.29, 0.717) is 0 Å². The number of nitrogens with one attached hydrogen (secondary N) is 1. The van der Waals surface area contributed by atoms with Crippen LogP contribution in [-0.4, -0.2) is 6.54 Å². The maximum Gasteiger partial charge on any atom is 0.0460 e. The normalized spacial score (nSPS) is 9.77. The van der Waals surface area contributed by atoms with E-state index in [9.17, 15) is 0 Å². The predicted octanol–water partition coefficient (Wildman–Crippen LogP) is 4.37. The first-order valence-electron chi connectivity index (χ1n) is 3.62. The molecule has 0 aliphatic rings. The van der Waals surface area contributed by atoms with Gasteiger partial charge in [0.2, 0.25) is 0 Å². The van der Waals surface area contributed by atoms with E-state index < -0.39 is 0 Å². The van der Waals surface area contributed by atoms with Crippen LogP contribution >= 0.6 is 54.5 Å². The summed E-state index contributed by atoms with van der Waals surface area (Å²) in [6.45, 7) is 4.49. The van der Waals surface area contributed by atoms with Gasteiger partial charge >= 0.3 is 0 Å². The molecule has 4 heteroatoms. The summed E-state index contributed by atoms with van der Waals surface area (Å²) in [5.41, 5.74) is 1.09. The molecule has 0 saturated carbocycles. The molecular formula is C9H8Br2IN. The van der Waals surface area contributed by atoms with Crippen LogP contribution in [0.4, 0.5) is 5.69 Å². The highest BCUT2D eigenvalue weighted by atomic mass is 127. The predicted molar refractivity (Wildman–Crippen MR) is 73.4 cm³/mol. The molecule has 1 nitrogen and oxygen atoms in total. The number of halogens is 3. The summed E-state index contributed by atoms with van der Waals surface area (Å²) >= 11 is 9.05. The molecule has 70 valence electrons. The van der Waals surface area contributed by atoms with E-state index in [4.69, 9.17) is 0 Å². The molecule has 0 atom stereocenters. The van der Waals surface area contributed by atoms with Gasteiger partial charge in [0, 0.05) is 24.8 Å². The van der Waals surface area contributed by atoms with Crippen LogP contribution < -0.4 is 5.32 Å². The Kier molecular flexibility index (Phi) is 4.75. The molecule has 0 aliphatic heterocycles. The minimum atomic E-state index is 0.743. The summed E-state index contributed by atoms with van der Waals surface area (Å²) in [6, 6.07) is 6.16. The average molecular weight is 417 g/mol. The Balaban J connectivity index is 2.68. The van der Waals surface area contributed by atoms with Gasteiger partial charge in [0.25, 0.3) is 0 Å². The zero-order valence-corrected chi connectivity index (χ0v) is 12.1. The molecule has 0 amide bonds. The average Bonchev–Trinajstić information content (AvgIpc) is 2.07. The third kappa shape index (κ3) is 3.99. The highest BCUT2D eigenvalue weighted by Gasteiger charge is 1.97. The Labute approximate surface area is 108 Å². The van der Waals surface area contributed by atoms with E-state index >= 15 is 0 Å². The van der Waals surface area contributed by atoms with Crippen molar-refractivity contribution in [2.75, 3.05) is 11.9 Å². The first-order valence-corrected chi connectivity index (χ1v) is 6.28. The number of hydrogen-bond donors (Lipinski definition) is 1. The van der Waals surface area contributed by atoms with Crippen LogP contribution in [0.25, 0.3) is 0 Å². The van der Waals surface area contributed by atoms with Crippen LogP contribution in [-0.2, 0) is 0 Å². The van der Waals surface area contributed by atoms with Crippen molar-refractivity contribution in [3.63, 3.8) is 0 Å². The molecule has 1 N–H and O–H groups in total. The van der Waals surface area contributed by atoms with Gasteiger partial charge in [-0.05, 0) is 56.7 Å². The van der Waals surface area contributed by atoms with E-state index in [1.54, 1.807) is 0 Å². The van der Waals surface area contributed by atoms with Gasteiger partial charge in [-0.3, -0.25) is 0 Å². The van der Waals surface area contributed by atoms with Crippen molar-refractivity contribution >= 4 is 60.1 Å². The van der Waals surface area contributed by atoms with Crippen LogP contribution in [0.1, 0.15) is 0 Å². The van der Waals surface area contributed by atoms with Gasteiger partial charge in [0.05, 0.1) is 0 Å². The van der Waals surface area contributed by atoms with Gasteiger partial charge in [-0.2, -0.15) is 0 Å². The summed E-state index contributed by atoms with van der Waals surface area (Å²) < 4.78 is 3.27. The molecule has 0 fully saturated rings. The summed E-state index contributed by atoms with van der Waals surface area (Å²) in [4.78, 5) is 0. The Bertz CT molecular complexity index is 325. The van der Waals surface area contributed by atoms with Crippen molar-refractivity contribution in [2.45, 2.75) is 0 Å². The van der Waals surface area contributed by atoms with E-state index in [2.05, 4.69) is 78.5 Å². The molecule has 0 saturated heterocycles. The van der Waals surface area contributed by atoms with Gasteiger partial charge in [-0.25, -0.2) is 0 Å². The minimum Gasteiger partial charge on any atom is -0.380 e. The monoisotopic (exact) mass is 415 g/mol. The van der Waals surface area contributed by atoms with Gasteiger partial charge in [-0.1, -0.05) is 22.5 Å². The van der Waals surface area contributed by atoms with Crippen molar-refractivity contribution in [1.29, 1.82) is 0 Å². The molecule has 1 rings (SSSR count). The van der Waals surface area contributed by atoms with E-state index in [-0.39, 0.29) is 0 Å². The summed E-state index contributed by atoms with van der Waals surface area (Å²) in [5.74, 6) is 0. The molecule has 0 bridgehead atoms. The molecule has 0 heterocycles. The van der Waals surface area contributed by atoms with Gasteiger partial charge in [-0.15, -0.1) is 0 Å². The lowest BCUT2D eigenvalue weighted by atomic mass is 10.3. The summed E-state index contributed by atoms with van der Waals surface area (Å²) in [7, 11) is 0. The van der Waals surface area contributed by atoms with E-state index in [1.165, 1.54) is 3.57 Å². The fourth-order valence-corrected chi connectivity index (χ4v) is 1.66. The smallest absolute Gasteiger partial charge is 0.0460 e. The van der Waals surface area contributed by atoms with Gasteiger partial charge in [0.15, 0.2) is 0 Å². The molecule has 13 heavy (non-hydrogen) atoms. The Morgan fingerprint density at radius 1 is 1.54 bits per heavy atom. The maximum atomic E-state index is 3.75. The fourth-order valence-electron chi connectivity index (χ4n) is 0.804. The molecule has 1 aromatic rings. The highest BCUT2D eigenvalue weighted by molar-refractivity contribution is 14.1. The molecule has 0 unspecified atom stereocenters. The standard InChI is InChI=1S/C9H8Br2IN/c1-6(10)5-13-7-2-3-9(12)8(11)4-7/h2-4,13H,1,5H2. The lowest BCUT2D eigenvalue weighted by molar-refractivity contribution is 1.32. The Morgan fingerprint density at radius 2 is 2.23 bits per heavy atom. The molecular weight excluding hydrogens is 409 g/mol. The number of rotatable bonds is 3. The van der Waals surface area contributed by atoms with Crippen LogP contribution in [0, 0.1) is 3.57 Å². The minimum absolute atomic E-state index is 0.743. The van der Waals surface area contributed by atoms with Crippen molar-refractivity contribution < 1.29 is 0 Å². The number of anilines is 1. The second-order valence-electron chi connectivity index (χ2n) is 2.50. The largest absolute Gasteiger partial charge is 0.380 e. The Hall–Kier alpha value is 0.450. The lowest BCUT2D eigenvalue weighted by Gasteiger charge is -2.06. The van der Waals surface area contributed by atoms with Crippen LogP contribution in [0.15, 0.2) is 33.7 Å². The van der Waals surface area contributed by atoms with Gasteiger partial charge in [0.1, 0.15) is 0 Å². The van der Waals surface area contributed by atoms with E-state index in [0.717, 1.165) is 21.2 Å². The van der Waals surface area contributed by atoms with Gasteiger partial charge < -0.3 is 5.32 Å². The van der Waals surface area contributed by atoms with Crippen LogP contribution in [0.5, 0.6) is 0 Å². The summed E-state index contributed by atoms with van der Waals surface area (Å²) in [6.07, 6.45) is 0. The van der Waals surface area contributed by atoms with Crippen molar-refractivity contribution in [2.24, 2.45) is 0 Å². The Morgan fingerprint density at radius 3 is 2.77 bits per heavy atom.